The van der Waals surface area contributed by atoms with E-state index in [1.54, 1.807) is 0 Å². The zero-order chi connectivity index (χ0) is 11.6. The Balaban J connectivity index is 3.56. The zero-order valence-corrected chi connectivity index (χ0v) is 7.57. The van der Waals surface area contributed by atoms with E-state index >= 15 is 0 Å². The van der Waals surface area contributed by atoms with E-state index in [-0.39, 0.29) is 5.69 Å². The van der Waals surface area contributed by atoms with Crippen molar-refractivity contribution in [1.29, 1.82) is 5.26 Å². The van der Waals surface area contributed by atoms with E-state index in [1.807, 2.05) is 0 Å². The van der Waals surface area contributed by atoms with Crippen LogP contribution >= 0.6 is 0 Å². The Bertz CT molecular complexity index is 454. The minimum atomic E-state index is -2.95. The second-order valence-corrected chi connectivity index (χ2v) is 2.69. The molecule has 1 aromatic rings. The van der Waals surface area contributed by atoms with Gasteiger partial charge in [0.25, 0.3) is 6.43 Å². The van der Waals surface area contributed by atoms with Gasteiger partial charge in [0.15, 0.2) is 0 Å². The van der Waals surface area contributed by atoms with Crippen LogP contribution in [0, 0.1) is 28.4 Å². The molecule has 0 saturated carbocycles. The maximum atomic E-state index is 12.5. The van der Waals surface area contributed by atoms with Crippen molar-refractivity contribution in [1.82, 2.24) is 4.98 Å². The zero-order valence-electron chi connectivity index (χ0n) is 7.57. The van der Waals surface area contributed by atoms with Gasteiger partial charge in [-0.25, -0.2) is 8.78 Å². The van der Waals surface area contributed by atoms with Gasteiger partial charge in [-0.15, -0.1) is 0 Å². The molecule has 0 amide bonds. The smallest absolute Gasteiger partial charge is 0.258 e. The first-order valence-electron chi connectivity index (χ1n) is 3.81. The maximum absolute atomic E-state index is 12.5. The lowest BCUT2D eigenvalue weighted by Crippen LogP contribution is -2.02. The van der Waals surface area contributed by atoms with Gasteiger partial charge in [-0.2, -0.15) is 5.26 Å². The number of nitrogens with zero attached hydrogens (tertiary/aromatic N) is 3. The molecule has 7 heteroatoms. The van der Waals surface area contributed by atoms with E-state index in [0.717, 1.165) is 6.20 Å². The Hall–Kier alpha value is -2.10. The molecule has 0 aliphatic carbocycles. The van der Waals surface area contributed by atoms with E-state index < -0.39 is 28.2 Å². The molecule has 1 heterocycles. The van der Waals surface area contributed by atoms with Crippen molar-refractivity contribution in [3.05, 3.63) is 33.1 Å². The summed E-state index contributed by atoms with van der Waals surface area (Å²) in [5.41, 5.74) is -2.07. The largest absolute Gasteiger partial charge is 0.305 e. The second kappa shape index (κ2) is 3.96. The predicted molar refractivity (Wildman–Crippen MR) is 45.3 cm³/mol. The summed E-state index contributed by atoms with van der Waals surface area (Å²) in [7, 11) is 0. The lowest BCUT2D eigenvalue weighted by Gasteiger charge is -2.05. The standard InChI is InChI=1S/C8H5F2N3O2/c1-4-7(8(9)10)5(2-11)6(3-12-4)13(14)15/h3,8H,1H3. The van der Waals surface area contributed by atoms with E-state index in [1.165, 1.54) is 13.0 Å². The third-order valence-electron chi connectivity index (χ3n) is 1.82. The summed E-state index contributed by atoms with van der Waals surface area (Å²) < 4.78 is 25.0. The number of nitriles is 1. The Labute approximate surface area is 83.1 Å². The minimum Gasteiger partial charge on any atom is -0.258 e. The summed E-state index contributed by atoms with van der Waals surface area (Å²) in [6, 6.07) is 1.41. The SMILES string of the molecule is Cc1ncc([N+](=O)[O-])c(C#N)c1C(F)F. The number of rotatable bonds is 2. The molecule has 0 fully saturated rings. The Morgan fingerprint density at radius 2 is 2.27 bits per heavy atom. The highest BCUT2D eigenvalue weighted by atomic mass is 19.3. The first kappa shape index (κ1) is 11.0. The molecule has 5 nitrogen and oxygen atoms in total. The molecule has 1 aromatic heterocycles. The fraction of sp³-hybridized carbons (Fsp3) is 0.250. The van der Waals surface area contributed by atoms with Crippen molar-refractivity contribution in [2.24, 2.45) is 0 Å². The lowest BCUT2D eigenvalue weighted by molar-refractivity contribution is -0.385. The third-order valence-corrected chi connectivity index (χ3v) is 1.82. The highest BCUT2D eigenvalue weighted by Gasteiger charge is 2.25. The number of hydrogen-bond acceptors (Lipinski definition) is 4. The molecule has 0 aromatic carbocycles. The van der Waals surface area contributed by atoms with Gasteiger partial charge >= 0.3 is 5.69 Å². The van der Waals surface area contributed by atoms with Gasteiger partial charge in [0.05, 0.1) is 10.5 Å². The summed E-state index contributed by atoms with van der Waals surface area (Å²) >= 11 is 0. The summed E-state index contributed by atoms with van der Waals surface area (Å²) in [5.74, 6) is 0. The molecule has 78 valence electrons. The van der Waals surface area contributed by atoms with Crippen LogP contribution in [-0.4, -0.2) is 9.91 Å². The number of pyridine rings is 1. The molecule has 0 aliphatic heterocycles. The summed E-state index contributed by atoms with van der Waals surface area (Å²) in [6.07, 6.45) is -2.15. The first-order chi connectivity index (χ1) is 6.99. The van der Waals surface area contributed by atoms with Gasteiger partial charge in [-0.05, 0) is 6.92 Å². The van der Waals surface area contributed by atoms with Crippen LogP contribution in [0.3, 0.4) is 0 Å². The Morgan fingerprint density at radius 3 is 2.67 bits per heavy atom. The fourth-order valence-corrected chi connectivity index (χ4v) is 1.13. The van der Waals surface area contributed by atoms with Crippen LogP contribution in [0.5, 0.6) is 0 Å². The van der Waals surface area contributed by atoms with Gasteiger partial charge < -0.3 is 0 Å². The third kappa shape index (κ3) is 1.88. The molecule has 0 atom stereocenters. The van der Waals surface area contributed by atoms with Crippen molar-refractivity contribution in [3.63, 3.8) is 0 Å². The van der Waals surface area contributed by atoms with E-state index in [9.17, 15) is 18.9 Å². The van der Waals surface area contributed by atoms with Crippen molar-refractivity contribution < 1.29 is 13.7 Å². The second-order valence-electron chi connectivity index (χ2n) is 2.69. The van der Waals surface area contributed by atoms with Crippen LogP contribution in [0.15, 0.2) is 6.20 Å². The van der Waals surface area contributed by atoms with Crippen LogP contribution in [-0.2, 0) is 0 Å². The molecule has 0 spiro atoms. The molecule has 0 aliphatic rings. The number of alkyl halides is 2. The number of aromatic nitrogens is 1. The molecule has 15 heavy (non-hydrogen) atoms. The van der Waals surface area contributed by atoms with Crippen LogP contribution in [0.1, 0.15) is 23.2 Å². The number of hydrogen-bond donors (Lipinski definition) is 0. The summed E-state index contributed by atoms with van der Waals surface area (Å²) in [4.78, 5) is 13.0. The first-order valence-corrected chi connectivity index (χ1v) is 3.81. The molecule has 1 rings (SSSR count). The highest BCUT2D eigenvalue weighted by molar-refractivity contribution is 5.53. The van der Waals surface area contributed by atoms with Crippen molar-refractivity contribution in [2.75, 3.05) is 0 Å². The average Bonchev–Trinajstić information content (AvgIpc) is 2.15. The van der Waals surface area contributed by atoms with E-state index in [0.29, 0.717) is 0 Å². The Kier molecular flexibility index (Phi) is 2.90. The van der Waals surface area contributed by atoms with Crippen LogP contribution in [0.4, 0.5) is 14.5 Å². The molecular formula is C8H5F2N3O2. The van der Waals surface area contributed by atoms with Gasteiger partial charge in [0.2, 0.25) is 0 Å². The van der Waals surface area contributed by atoms with Crippen LogP contribution in [0.25, 0.3) is 0 Å². The van der Waals surface area contributed by atoms with Gasteiger partial charge in [-0.1, -0.05) is 0 Å². The number of aryl methyl sites for hydroxylation is 1. The molecule has 0 saturated heterocycles. The van der Waals surface area contributed by atoms with Gasteiger partial charge in [-0.3, -0.25) is 15.1 Å². The number of halogens is 2. The van der Waals surface area contributed by atoms with Gasteiger partial charge in [0.1, 0.15) is 17.8 Å². The molecule has 0 bridgehead atoms. The molecule has 0 unspecified atom stereocenters. The van der Waals surface area contributed by atoms with Crippen molar-refractivity contribution in [2.45, 2.75) is 13.3 Å². The van der Waals surface area contributed by atoms with E-state index in [4.69, 9.17) is 5.26 Å². The predicted octanol–water partition coefficient (Wildman–Crippen LogP) is 2.11. The van der Waals surface area contributed by atoms with Gasteiger partial charge in [0, 0.05) is 5.69 Å². The van der Waals surface area contributed by atoms with E-state index in [2.05, 4.69) is 4.98 Å². The summed E-state index contributed by atoms with van der Waals surface area (Å²) in [6.45, 7) is 1.27. The molecule has 0 N–H and O–H groups in total. The monoisotopic (exact) mass is 213 g/mol. The maximum Gasteiger partial charge on any atom is 0.305 e. The van der Waals surface area contributed by atoms with Crippen LogP contribution in [0.2, 0.25) is 0 Å². The molecular weight excluding hydrogens is 208 g/mol. The highest BCUT2D eigenvalue weighted by Crippen LogP contribution is 2.30. The normalized spacial score (nSPS) is 10.1. The lowest BCUT2D eigenvalue weighted by atomic mass is 10.1. The topological polar surface area (TPSA) is 79.8 Å². The fourth-order valence-electron chi connectivity index (χ4n) is 1.13. The average molecular weight is 213 g/mol. The van der Waals surface area contributed by atoms with Crippen LogP contribution < -0.4 is 0 Å². The minimum absolute atomic E-state index is 0.0767. The summed E-state index contributed by atoms with van der Waals surface area (Å²) in [5, 5.41) is 19.0. The van der Waals surface area contributed by atoms with Crippen molar-refractivity contribution in [3.8, 4) is 6.07 Å². The Morgan fingerprint density at radius 1 is 1.67 bits per heavy atom. The molecule has 0 radical (unpaired) electrons. The quantitative estimate of drug-likeness (QED) is 0.556. The number of nitro groups is 1. The van der Waals surface area contributed by atoms with Crippen molar-refractivity contribution >= 4 is 5.69 Å².